The van der Waals surface area contributed by atoms with E-state index in [0.29, 0.717) is 0 Å². The van der Waals surface area contributed by atoms with E-state index in [2.05, 4.69) is 55.9 Å². The lowest BCUT2D eigenvalue weighted by molar-refractivity contribution is 0.241. The average molecular weight is 344 g/mol. The molecule has 0 aliphatic rings. The fourth-order valence-electron chi connectivity index (χ4n) is 2.46. The van der Waals surface area contributed by atoms with Crippen LogP contribution in [-0.4, -0.2) is 12.1 Å². The topological polar surface area (TPSA) is 12.0 Å². The summed E-state index contributed by atoms with van der Waals surface area (Å²) < 4.78 is 14.9. The summed E-state index contributed by atoms with van der Waals surface area (Å²) in [4.78, 5) is 0. The van der Waals surface area contributed by atoms with Gasteiger partial charge in [-0.1, -0.05) is 36.2 Å². The first-order chi connectivity index (χ1) is 9.15. The second-order valence-corrected chi connectivity index (χ2v) is 7.99. The molecule has 0 aliphatic carbocycles. The minimum Gasteiger partial charge on any atom is -0.312 e. The van der Waals surface area contributed by atoms with Crippen LogP contribution in [-0.2, 0) is 6.42 Å². The zero-order valence-electron chi connectivity index (χ0n) is 13.3. The minimum atomic E-state index is -0.105. The zero-order chi connectivity index (χ0) is 15.4. The number of benzene rings is 1. The van der Waals surface area contributed by atoms with Crippen LogP contribution in [0, 0.1) is 11.2 Å². The highest BCUT2D eigenvalue weighted by molar-refractivity contribution is 9.10. The van der Waals surface area contributed by atoms with Crippen LogP contribution >= 0.6 is 15.9 Å². The molecular formula is C17H27BrFN. The van der Waals surface area contributed by atoms with E-state index in [0.717, 1.165) is 35.8 Å². The van der Waals surface area contributed by atoms with Crippen LogP contribution in [0.25, 0.3) is 0 Å². The third-order valence-corrected chi connectivity index (χ3v) is 4.02. The Bertz CT molecular complexity index is 439. The van der Waals surface area contributed by atoms with Crippen LogP contribution < -0.4 is 5.32 Å². The first kappa shape index (κ1) is 17.6. The van der Waals surface area contributed by atoms with E-state index >= 15 is 0 Å². The number of hydrogen-bond donors (Lipinski definition) is 1. The smallest absolute Gasteiger partial charge is 0.126 e. The van der Waals surface area contributed by atoms with Gasteiger partial charge in [0.05, 0.1) is 0 Å². The van der Waals surface area contributed by atoms with Gasteiger partial charge in [-0.3, -0.25) is 0 Å². The Hall–Kier alpha value is -0.410. The third-order valence-electron chi connectivity index (χ3n) is 3.52. The molecular weight excluding hydrogens is 317 g/mol. The molecule has 0 aliphatic heterocycles. The minimum absolute atomic E-state index is 0.0731. The summed E-state index contributed by atoms with van der Waals surface area (Å²) in [6, 6.07) is 5.20. The lowest BCUT2D eigenvalue weighted by Gasteiger charge is -2.34. The van der Waals surface area contributed by atoms with Crippen LogP contribution in [0.2, 0.25) is 0 Å². The number of rotatable bonds is 6. The van der Waals surface area contributed by atoms with Crippen molar-refractivity contribution in [1.82, 2.24) is 5.32 Å². The van der Waals surface area contributed by atoms with Gasteiger partial charge in [-0.05, 0) is 62.8 Å². The van der Waals surface area contributed by atoms with Gasteiger partial charge in [0.25, 0.3) is 0 Å². The second-order valence-electron chi connectivity index (χ2n) is 7.08. The summed E-state index contributed by atoms with van der Waals surface area (Å²) in [6.07, 6.45) is 2.95. The van der Waals surface area contributed by atoms with Crippen molar-refractivity contribution in [3.63, 3.8) is 0 Å². The van der Waals surface area contributed by atoms with E-state index in [4.69, 9.17) is 0 Å². The van der Waals surface area contributed by atoms with Gasteiger partial charge >= 0.3 is 0 Å². The van der Waals surface area contributed by atoms with E-state index in [9.17, 15) is 4.39 Å². The summed E-state index contributed by atoms with van der Waals surface area (Å²) in [5.41, 5.74) is 0.958. The molecule has 1 unspecified atom stereocenters. The largest absolute Gasteiger partial charge is 0.312 e. The predicted molar refractivity (Wildman–Crippen MR) is 88.6 cm³/mol. The van der Waals surface area contributed by atoms with Gasteiger partial charge in [0.15, 0.2) is 0 Å². The molecule has 0 heterocycles. The molecule has 1 aromatic rings. The van der Waals surface area contributed by atoms with Crippen LogP contribution in [0.5, 0.6) is 0 Å². The third kappa shape index (κ3) is 5.92. The summed E-state index contributed by atoms with van der Waals surface area (Å²) in [5, 5.41) is 3.57. The summed E-state index contributed by atoms with van der Waals surface area (Å²) in [6.45, 7) is 11.8. The molecule has 1 aromatic carbocycles. The maximum absolute atomic E-state index is 14.0. The monoisotopic (exact) mass is 343 g/mol. The first-order valence-electron chi connectivity index (χ1n) is 7.34. The van der Waals surface area contributed by atoms with Gasteiger partial charge in [-0.25, -0.2) is 4.39 Å². The molecule has 0 spiro atoms. The van der Waals surface area contributed by atoms with Crippen molar-refractivity contribution in [3.05, 3.63) is 34.1 Å². The Morgan fingerprint density at radius 2 is 1.85 bits per heavy atom. The molecule has 0 saturated carbocycles. The fourth-order valence-corrected chi connectivity index (χ4v) is 2.87. The predicted octanol–water partition coefficient (Wildman–Crippen LogP) is 5.33. The molecule has 0 aromatic heterocycles. The second kappa shape index (κ2) is 7.04. The lowest BCUT2D eigenvalue weighted by Crippen LogP contribution is -2.43. The molecule has 3 heteroatoms. The molecule has 1 N–H and O–H groups in total. The maximum Gasteiger partial charge on any atom is 0.126 e. The van der Waals surface area contributed by atoms with Crippen LogP contribution in [0.1, 0.15) is 53.0 Å². The Balaban J connectivity index is 2.87. The molecule has 1 atom stereocenters. The standard InChI is InChI=1S/C17H27BrFN/c1-6-9-17(5,12-20-16(2,3)4)11-13-10-14(18)7-8-15(13)19/h7-8,10,20H,6,9,11-12H2,1-5H3. The SMILES string of the molecule is CCCC(C)(CNC(C)(C)C)Cc1cc(Br)ccc1F. The van der Waals surface area contributed by atoms with Crippen molar-refractivity contribution in [2.24, 2.45) is 5.41 Å². The molecule has 0 saturated heterocycles. The average Bonchev–Trinajstić information content (AvgIpc) is 2.31. The number of halogens is 2. The number of nitrogens with one attached hydrogen (secondary N) is 1. The van der Waals surface area contributed by atoms with E-state index in [1.165, 1.54) is 0 Å². The maximum atomic E-state index is 14.0. The summed E-state index contributed by atoms with van der Waals surface area (Å²) >= 11 is 3.43. The van der Waals surface area contributed by atoms with Crippen molar-refractivity contribution < 1.29 is 4.39 Å². The van der Waals surface area contributed by atoms with Crippen molar-refractivity contribution in [2.75, 3.05) is 6.54 Å². The fraction of sp³-hybridized carbons (Fsp3) is 0.647. The quantitative estimate of drug-likeness (QED) is 0.736. The zero-order valence-corrected chi connectivity index (χ0v) is 14.9. The van der Waals surface area contributed by atoms with Crippen LogP contribution in [0.15, 0.2) is 22.7 Å². The van der Waals surface area contributed by atoms with Gasteiger partial charge in [0.1, 0.15) is 5.82 Å². The van der Waals surface area contributed by atoms with Crippen molar-refractivity contribution in [1.29, 1.82) is 0 Å². The lowest BCUT2D eigenvalue weighted by atomic mass is 9.79. The van der Waals surface area contributed by atoms with Gasteiger partial charge < -0.3 is 5.32 Å². The first-order valence-corrected chi connectivity index (χ1v) is 8.13. The summed E-state index contributed by atoms with van der Waals surface area (Å²) in [5.74, 6) is -0.105. The van der Waals surface area contributed by atoms with Gasteiger partial charge in [0.2, 0.25) is 0 Å². The van der Waals surface area contributed by atoms with Gasteiger partial charge in [0, 0.05) is 16.6 Å². The Kier molecular flexibility index (Phi) is 6.21. The Morgan fingerprint density at radius 3 is 2.40 bits per heavy atom. The van der Waals surface area contributed by atoms with Crippen molar-refractivity contribution in [3.8, 4) is 0 Å². The Morgan fingerprint density at radius 1 is 1.20 bits per heavy atom. The van der Waals surface area contributed by atoms with Crippen LogP contribution in [0.4, 0.5) is 4.39 Å². The van der Waals surface area contributed by atoms with E-state index in [1.807, 2.05) is 6.07 Å². The highest BCUT2D eigenvalue weighted by Gasteiger charge is 2.27. The summed E-state index contributed by atoms with van der Waals surface area (Å²) in [7, 11) is 0. The molecule has 0 amide bonds. The van der Waals surface area contributed by atoms with Crippen molar-refractivity contribution in [2.45, 2.75) is 59.4 Å². The van der Waals surface area contributed by atoms with Crippen LogP contribution in [0.3, 0.4) is 0 Å². The molecule has 0 fully saturated rings. The van der Waals surface area contributed by atoms with Crippen molar-refractivity contribution >= 4 is 15.9 Å². The van der Waals surface area contributed by atoms with E-state index in [-0.39, 0.29) is 16.8 Å². The molecule has 20 heavy (non-hydrogen) atoms. The van der Waals surface area contributed by atoms with Gasteiger partial charge in [-0.2, -0.15) is 0 Å². The highest BCUT2D eigenvalue weighted by atomic mass is 79.9. The normalized spacial score (nSPS) is 15.2. The molecule has 1 nitrogen and oxygen atoms in total. The molecule has 0 radical (unpaired) electrons. The number of hydrogen-bond acceptors (Lipinski definition) is 1. The van der Waals surface area contributed by atoms with E-state index in [1.54, 1.807) is 12.1 Å². The van der Waals surface area contributed by atoms with Gasteiger partial charge in [-0.15, -0.1) is 0 Å². The molecule has 1 rings (SSSR count). The molecule has 0 bridgehead atoms. The Labute approximate surface area is 131 Å². The van der Waals surface area contributed by atoms with E-state index < -0.39 is 0 Å². The molecule has 114 valence electrons. The highest BCUT2D eigenvalue weighted by Crippen LogP contribution is 2.30.